The van der Waals surface area contributed by atoms with Crippen LogP contribution < -0.4 is 31.1 Å². The number of hydrogen-bond donors (Lipinski definition) is 0. The van der Waals surface area contributed by atoms with E-state index in [1.54, 1.807) is 0 Å². The van der Waals surface area contributed by atoms with E-state index in [-0.39, 0.29) is 50.0 Å². The number of anilines is 9. The predicted octanol–water partition coefficient (Wildman–Crippen LogP) is 23.2. The smallest absolute Gasteiger partial charge is 0.252 e. The fraction of sp³-hybridized carbons (Fsp3) is 0.372. The topological polar surface area (TPSA) is 9.72 Å². The van der Waals surface area contributed by atoms with Crippen LogP contribution in [0, 0.1) is 0 Å². The molecule has 3 nitrogen and oxygen atoms in total. The van der Waals surface area contributed by atoms with Gasteiger partial charge in [0, 0.05) is 65.5 Å². The molecule has 0 amide bonds. The van der Waals surface area contributed by atoms with Gasteiger partial charge in [0.1, 0.15) is 0 Å². The molecule has 14 rings (SSSR count). The molecule has 3 heterocycles. The average molecular weight is 1210 g/mol. The molecule has 0 fully saturated rings. The van der Waals surface area contributed by atoms with Gasteiger partial charge in [0.05, 0.1) is 11.4 Å². The Morgan fingerprint density at radius 1 is 0.385 bits per heavy atom. The van der Waals surface area contributed by atoms with E-state index in [9.17, 15) is 0 Å². The van der Waals surface area contributed by atoms with Crippen molar-refractivity contribution in [2.75, 3.05) is 14.7 Å². The molecule has 5 heteroatoms. The Bertz CT molecular complexity index is 4500. The van der Waals surface area contributed by atoms with Crippen molar-refractivity contribution < 1.29 is 0 Å². The zero-order valence-corrected chi connectivity index (χ0v) is 59.1. The third-order valence-corrected chi connectivity index (χ3v) is 23.1. The maximum atomic E-state index is 2.76. The first kappa shape index (κ1) is 61.2. The van der Waals surface area contributed by atoms with Gasteiger partial charge >= 0.3 is 0 Å². The summed E-state index contributed by atoms with van der Waals surface area (Å²) in [4.78, 5) is 8.05. The van der Waals surface area contributed by atoms with Gasteiger partial charge in [-0.2, -0.15) is 0 Å². The first-order valence-electron chi connectivity index (χ1n) is 33.9. The Hall–Kier alpha value is -7.34. The highest BCUT2D eigenvalue weighted by Crippen LogP contribution is 2.56. The van der Waals surface area contributed by atoms with Crippen LogP contribution in [0.3, 0.4) is 0 Å². The molecule has 0 radical (unpaired) electrons. The van der Waals surface area contributed by atoms with E-state index in [1.807, 2.05) is 11.3 Å². The number of hydrogen-bond acceptors (Lipinski definition) is 4. The monoisotopic (exact) mass is 1210 g/mol. The lowest BCUT2D eigenvalue weighted by Gasteiger charge is -2.48. The van der Waals surface area contributed by atoms with Crippen molar-refractivity contribution in [3.05, 3.63) is 214 Å². The molecule has 0 atom stereocenters. The minimum Gasteiger partial charge on any atom is -0.311 e. The largest absolute Gasteiger partial charge is 0.311 e. The van der Waals surface area contributed by atoms with Crippen LogP contribution >= 0.6 is 11.3 Å². The lowest BCUT2D eigenvalue weighted by Crippen LogP contribution is -2.62. The van der Waals surface area contributed by atoms with Gasteiger partial charge < -0.3 is 14.7 Å². The van der Waals surface area contributed by atoms with Gasteiger partial charge in [-0.25, -0.2) is 0 Å². The van der Waals surface area contributed by atoms with Crippen LogP contribution in [0.4, 0.5) is 51.2 Å². The second kappa shape index (κ2) is 20.6. The van der Waals surface area contributed by atoms with Crippen LogP contribution in [0.15, 0.2) is 170 Å². The van der Waals surface area contributed by atoms with Gasteiger partial charge in [0.15, 0.2) is 0 Å². The number of thiophene rings is 1. The molecule has 0 N–H and O–H groups in total. The SMILES string of the molecule is CC(C)(C)c1ccc(N(c2ccc(C(C)(C)C)cc2)c2cc3c4c(c2)N(c2ccc(C(C)(C)C)cc2-c2ccccc2)c2cc5sc6cccc(C(C)(C)C)c6c5cc2B4c2cc4c(cc2N3c2ccc3c(c2)C(C)(C)CCC3(C)C)C(C)(C)CCC4(C)C)cc1. The van der Waals surface area contributed by atoms with E-state index in [0.29, 0.717) is 0 Å². The second-order valence-electron chi connectivity index (χ2n) is 34.4. The lowest BCUT2D eigenvalue weighted by molar-refractivity contribution is 0.332. The Kier molecular flexibility index (Phi) is 13.8. The highest BCUT2D eigenvalue weighted by Gasteiger charge is 2.48. The quantitative estimate of drug-likeness (QED) is 0.154. The third kappa shape index (κ3) is 10.1. The molecule has 9 aromatic carbocycles. The van der Waals surface area contributed by atoms with E-state index in [4.69, 9.17) is 0 Å². The molecule has 2 aliphatic heterocycles. The van der Waals surface area contributed by atoms with Crippen LogP contribution in [-0.2, 0) is 43.3 Å². The summed E-state index contributed by atoms with van der Waals surface area (Å²) in [7, 11) is 0. The molecule has 464 valence electrons. The summed E-state index contributed by atoms with van der Waals surface area (Å²) < 4.78 is 2.65. The highest BCUT2D eigenvalue weighted by atomic mass is 32.1. The van der Waals surface area contributed by atoms with Crippen LogP contribution in [0.2, 0.25) is 0 Å². The molecule has 10 aromatic rings. The number of nitrogens with zero attached hydrogens (tertiary/aromatic N) is 3. The Labute approximate surface area is 550 Å². The first-order valence-corrected chi connectivity index (χ1v) is 34.8. The molecule has 0 spiro atoms. The summed E-state index contributed by atoms with van der Waals surface area (Å²) in [6.07, 6.45) is 4.57. The molecule has 1 aromatic heterocycles. The molecule has 0 saturated carbocycles. The van der Waals surface area contributed by atoms with Crippen molar-refractivity contribution in [3.8, 4) is 11.1 Å². The van der Waals surface area contributed by atoms with Gasteiger partial charge in [-0.1, -0.05) is 229 Å². The third-order valence-electron chi connectivity index (χ3n) is 22.0. The first-order chi connectivity index (χ1) is 42.6. The Morgan fingerprint density at radius 2 is 0.890 bits per heavy atom. The molecule has 2 aliphatic carbocycles. The van der Waals surface area contributed by atoms with Gasteiger partial charge in [0.25, 0.3) is 6.71 Å². The average Bonchev–Trinajstić information content (AvgIpc) is 1.28. The summed E-state index contributed by atoms with van der Waals surface area (Å²) in [5, 5.41) is 2.74. The summed E-state index contributed by atoms with van der Waals surface area (Å²) in [5.41, 5.74) is 28.3. The van der Waals surface area contributed by atoms with E-state index >= 15 is 0 Å². The summed E-state index contributed by atoms with van der Waals surface area (Å²) in [6, 6.07) is 68.2. The number of benzene rings is 9. The van der Waals surface area contributed by atoms with Gasteiger partial charge in [0.2, 0.25) is 0 Å². The number of fused-ring (bicyclic) bond motifs is 9. The standard InChI is InChI=1S/C86H96BN3S/c1-79(2,3)54-29-34-57(35-30-54)88(58-36-31-55(32-37-58)80(4,5)6)60-47-73-78-74(48-60)90(70-40-33-56(81(7,8)9)45-61(70)53-25-22-21-23-26-53)72-52-76-62(77-64(82(10,11)12)27-24-28-75(77)91-76)49-68(72)87(78)69-50-66-67(86(19,20)44-43-85(66,17)18)51-71(69)89(73)59-38-39-63-65(46-59)84(15,16)42-41-83(63,13)14/h21-40,45-52H,41-44H2,1-20H3. The van der Waals surface area contributed by atoms with E-state index < -0.39 is 0 Å². The van der Waals surface area contributed by atoms with Crippen LogP contribution in [0.25, 0.3) is 31.3 Å². The number of rotatable bonds is 6. The van der Waals surface area contributed by atoms with Crippen molar-refractivity contribution >= 4 is 106 Å². The molecule has 0 unspecified atom stereocenters. The van der Waals surface area contributed by atoms with Crippen molar-refractivity contribution in [3.63, 3.8) is 0 Å². The maximum absolute atomic E-state index is 2.76. The van der Waals surface area contributed by atoms with Crippen LogP contribution in [-0.4, -0.2) is 6.71 Å². The van der Waals surface area contributed by atoms with E-state index in [2.05, 4.69) is 323 Å². The predicted molar refractivity (Wildman–Crippen MR) is 399 cm³/mol. The molecule has 0 bridgehead atoms. The normalized spacial score (nSPS) is 17.1. The van der Waals surface area contributed by atoms with Crippen molar-refractivity contribution in [2.24, 2.45) is 0 Å². The summed E-state index contributed by atoms with van der Waals surface area (Å²) in [5.74, 6) is 0. The molecular formula is C86H96BN3S. The summed E-state index contributed by atoms with van der Waals surface area (Å²) >= 11 is 1.95. The molecule has 91 heavy (non-hydrogen) atoms. The van der Waals surface area contributed by atoms with Crippen LogP contribution in [0.1, 0.15) is 209 Å². The fourth-order valence-electron chi connectivity index (χ4n) is 16.1. The van der Waals surface area contributed by atoms with Crippen molar-refractivity contribution in [1.82, 2.24) is 0 Å². The van der Waals surface area contributed by atoms with Crippen molar-refractivity contribution in [2.45, 2.75) is 207 Å². The Morgan fingerprint density at radius 3 is 1.45 bits per heavy atom. The maximum Gasteiger partial charge on any atom is 0.252 e. The van der Waals surface area contributed by atoms with E-state index in [1.165, 1.54) is 126 Å². The second-order valence-corrected chi connectivity index (χ2v) is 35.5. The van der Waals surface area contributed by atoms with Gasteiger partial charge in [-0.3, -0.25) is 0 Å². The van der Waals surface area contributed by atoms with Gasteiger partial charge in [-0.05, 0) is 214 Å². The fourth-order valence-corrected chi connectivity index (χ4v) is 17.2. The molecular weight excluding hydrogens is 1120 g/mol. The van der Waals surface area contributed by atoms with Crippen LogP contribution in [0.5, 0.6) is 0 Å². The molecule has 4 aliphatic rings. The lowest BCUT2D eigenvalue weighted by atomic mass is 9.33. The molecule has 0 saturated heterocycles. The highest BCUT2D eigenvalue weighted by molar-refractivity contribution is 7.26. The van der Waals surface area contributed by atoms with E-state index in [0.717, 1.165) is 42.7 Å². The summed E-state index contributed by atoms with van der Waals surface area (Å²) in [6.45, 7) is 48.0. The van der Waals surface area contributed by atoms with Crippen molar-refractivity contribution in [1.29, 1.82) is 0 Å². The Balaban J connectivity index is 1.19. The zero-order valence-electron chi connectivity index (χ0n) is 58.3. The minimum absolute atomic E-state index is 0.0101. The minimum atomic E-state index is -0.114. The van der Waals surface area contributed by atoms with Gasteiger partial charge in [-0.15, -0.1) is 11.3 Å². The zero-order chi connectivity index (χ0) is 64.7.